The van der Waals surface area contributed by atoms with Crippen LogP contribution in [0.4, 0.5) is 8.63 Å². The number of nitrogens with zero attached hydrogens (tertiary/aromatic N) is 3. The first kappa shape index (κ1) is 13.7. The average Bonchev–Trinajstić information content (AvgIpc) is 1.97. The molecule has 0 fully saturated rings. The molecule has 84 valence electrons. The van der Waals surface area contributed by atoms with E-state index in [0.717, 1.165) is 14.1 Å². The van der Waals surface area contributed by atoms with Gasteiger partial charge in [-0.05, 0) is 36.6 Å². The summed E-state index contributed by atoms with van der Waals surface area (Å²) in [6.07, 6.45) is -3.28. The van der Waals surface area contributed by atoms with Crippen LogP contribution in [0.2, 0.25) is 0 Å². The SMILES string of the molecule is CN1[B-](F)(F)N(C)[P+](Cl)(Cl)N=P1(Cl)Cl. The molecule has 0 aliphatic carbocycles. The molecule has 1 rings (SSSR count). The van der Waals surface area contributed by atoms with Gasteiger partial charge in [-0.15, -0.1) is 0 Å². The maximum atomic E-state index is 13.6. The minimum absolute atomic E-state index is 0.541. The lowest BCUT2D eigenvalue weighted by atomic mass is 10.0. The molecule has 0 N–H and O–H groups in total. The van der Waals surface area contributed by atoms with E-state index in [1.54, 1.807) is 0 Å². The highest BCUT2D eigenvalue weighted by atomic mass is 35.9. The van der Waals surface area contributed by atoms with Gasteiger partial charge in [-0.2, -0.15) is 0 Å². The molecule has 12 heteroatoms. The molecule has 0 amide bonds. The van der Waals surface area contributed by atoms with Gasteiger partial charge in [-0.1, -0.05) is 4.52 Å². The van der Waals surface area contributed by atoms with Crippen LogP contribution in [0, 0.1) is 0 Å². The van der Waals surface area contributed by atoms with Gasteiger partial charge in [-0.25, -0.2) is 4.58 Å². The van der Waals surface area contributed by atoms with E-state index in [1.165, 1.54) is 0 Å². The third-order valence-electron chi connectivity index (χ3n) is 1.87. The first-order valence-electron chi connectivity index (χ1n) is 3.32. The van der Waals surface area contributed by atoms with Crippen LogP contribution in [-0.2, 0) is 0 Å². The third kappa shape index (κ3) is 2.19. The summed E-state index contributed by atoms with van der Waals surface area (Å²) in [4.78, 5) is 0. The summed E-state index contributed by atoms with van der Waals surface area (Å²) in [6.45, 7) is -4.08. The Kier molecular flexibility index (Phi) is 3.78. The van der Waals surface area contributed by atoms with Crippen molar-refractivity contribution in [2.24, 2.45) is 4.52 Å². The third-order valence-corrected chi connectivity index (χ3v) is 11.0. The van der Waals surface area contributed by atoms with Crippen molar-refractivity contribution < 1.29 is 8.63 Å². The number of hydrogen-bond acceptors (Lipinski definition) is 3. The molecule has 0 aromatic carbocycles. The van der Waals surface area contributed by atoms with Gasteiger partial charge in [0.2, 0.25) is 5.91 Å². The summed E-state index contributed by atoms with van der Waals surface area (Å²) in [6, 6.07) is 0. The van der Waals surface area contributed by atoms with E-state index in [1.807, 2.05) is 0 Å². The van der Waals surface area contributed by atoms with Crippen LogP contribution in [0.5, 0.6) is 0 Å². The predicted molar refractivity (Wildman–Crippen MR) is 63.2 cm³/mol. The summed E-state index contributed by atoms with van der Waals surface area (Å²) >= 11 is 22.6. The highest BCUT2D eigenvalue weighted by Gasteiger charge is 2.60. The molecular weight excluding hydrogens is 319 g/mol. The van der Waals surface area contributed by atoms with Crippen molar-refractivity contribution in [3.63, 3.8) is 0 Å². The number of rotatable bonds is 0. The monoisotopic (exact) mass is 323 g/mol. The Bertz CT molecular complexity index is 307. The largest absolute Gasteiger partial charge is 0.507 e. The molecule has 0 unspecified atom stereocenters. The van der Waals surface area contributed by atoms with Crippen LogP contribution in [0.3, 0.4) is 0 Å². The van der Waals surface area contributed by atoms with Gasteiger partial charge in [0.1, 0.15) is 0 Å². The molecule has 0 saturated carbocycles. The maximum absolute atomic E-state index is 13.6. The van der Waals surface area contributed by atoms with Gasteiger partial charge >= 0.3 is 13.2 Å². The average molecular weight is 325 g/mol. The fourth-order valence-electron chi connectivity index (χ4n) is 0.832. The molecule has 0 spiro atoms. The van der Waals surface area contributed by atoms with E-state index < -0.39 is 19.1 Å². The Morgan fingerprint density at radius 1 is 1.29 bits per heavy atom. The van der Waals surface area contributed by atoms with Crippen LogP contribution in [0.25, 0.3) is 0 Å². The minimum atomic E-state index is -4.08. The van der Waals surface area contributed by atoms with E-state index in [-0.39, 0.29) is 0 Å². The van der Waals surface area contributed by atoms with Gasteiger partial charge in [0.05, 0.1) is 0 Å². The number of halogens is 6. The Morgan fingerprint density at radius 2 is 1.71 bits per heavy atom. The summed E-state index contributed by atoms with van der Waals surface area (Å²) < 4.78 is 31.9. The molecule has 0 bridgehead atoms. The highest BCUT2D eigenvalue weighted by molar-refractivity contribution is 8.22. The number of hydrogen-bond donors (Lipinski definition) is 0. The molecule has 0 radical (unpaired) electrons. The molecule has 0 aromatic rings. The summed E-state index contributed by atoms with van der Waals surface area (Å²) in [5, 5.41) is 0. The normalized spacial score (nSPS) is 31.1. The minimum Gasteiger partial charge on any atom is -0.446 e. The zero-order chi connectivity index (χ0) is 11.4. The topological polar surface area (TPSA) is 18.8 Å². The lowest BCUT2D eigenvalue weighted by molar-refractivity contribution is 0.415. The predicted octanol–water partition coefficient (Wildman–Crippen LogP) is 4.82. The van der Waals surface area contributed by atoms with E-state index in [4.69, 9.17) is 45.0 Å². The van der Waals surface area contributed by atoms with Gasteiger partial charge in [-0.3, -0.25) is 0 Å². The standard InChI is InChI=1S/C2H6BCl4F2N3P2/c1-11-3(8,9)12(2)14(6,7)10-13(11,4)5/h1-2H3. The molecular formula is C2H6BCl4F2N3P2. The summed E-state index contributed by atoms with van der Waals surface area (Å²) in [7, 11) is 2.20. The molecule has 1 heterocycles. The molecule has 0 atom stereocenters. The quantitative estimate of drug-likeness (QED) is 0.470. The second-order valence-electron chi connectivity index (χ2n) is 2.74. The highest BCUT2D eigenvalue weighted by Crippen LogP contribution is 2.85. The molecule has 3 nitrogen and oxygen atoms in total. The smallest absolute Gasteiger partial charge is 0.446 e. The second-order valence-corrected chi connectivity index (χ2v) is 13.2. The van der Waals surface area contributed by atoms with E-state index in [2.05, 4.69) is 4.52 Å². The van der Waals surface area contributed by atoms with Crippen LogP contribution >= 0.6 is 57.1 Å². The van der Waals surface area contributed by atoms with Crippen molar-refractivity contribution in [3.8, 4) is 0 Å². The lowest BCUT2D eigenvalue weighted by Crippen LogP contribution is -2.54. The van der Waals surface area contributed by atoms with Gasteiger partial charge < -0.3 is 13.2 Å². The first-order valence-corrected chi connectivity index (χ1v) is 10.3. The van der Waals surface area contributed by atoms with Crippen molar-refractivity contribution in [3.05, 3.63) is 0 Å². The Labute approximate surface area is 100 Å². The van der Waals surface area contributed by atoms with Crippen molar-refractivity contribution >= 4 is 64.1 Å². The Morgan fingerprint density at radius 3 is 2.14 bits per heavy atom. The molecule has 0 aromatic heterocycles. The molecule has 1 aliphatic rings. The first-order chi connectivity index (χ1) is 6.02. The fourth-order valence-corrected chi connectivity index (χ4v) is 9.97. The second kappa shape index (κ2) is 3.85. The van der Waals surface area contributed by atoms with Crippen molar-refractivity contribution in [1.82, 2.24) is 9.16 Å². The lowest BCUT2D eigenvalue weighted by Gasteiger charge is -2.45. The molecule has 0 saturated heterocycles. The van der Waals surface area contributed by atoms with Gasteiger partial charge in [0, 0.05) is 0 Å². The van der Waals surface area contributed by atoms with Crippen molar-refractivity contribution in [2.75, 3.05) is 14.1 Å². The van der Waals surface area contributed by atoms with Crippen LogP contribution in [0.1, 0.15) is 0 Å². The molecule has 14 heavy (non-hydrogen) atoms. The molecule has 1 aliphatic heterocycles. The summed E-state index contributed by atoms with van der Waals surface area (Å²) in [5.74, 6) is -3.28. The van der Waals surface area contributed by atoms with Crippen LogP contribution < -0.4 is 0 Å². The van der Waals surface area contributed by atoms with Crippen LogP contribution in [-0.4, -0.2) is 30.2 Å². The van der Waals surface area contributed by atoms with Crippen molar-refractivity contribution in [2.45, 2.75) is 0 Å². The Balaban J connectivity index is 3.32. The summed E-state index contributed by atoms with van der Waals surface area (Å²) in [5.41, 5.74) is 0. The van der Waals surface area contributed by atoms with E-state index in [9.17, 15) is 8.63 Å². The van der Waals surface area contributed by atoms with E-state index >= 15 is 0 Å². The van der Waals surface area contributed by atoms with Crippen molar-refractivity contribution in [1.29, 1.82) is 0 Å². The Hall–Kier alpha value is 1.66. The zero-order valence-corrected chi connectivity index (χ0v) is 11.9. The zero-order valence-electron chi connectivity index (χ0n) is 7.08. The van der Waals surface area contributed by atoms with Crippen LogP contribution in [0.15, 0.2) is 4.52 Å². The maximum Gasteiger partial charge on any atom is 0.507 e. The van der Waals surface area contributed by atoms with E-state index in [0.29, 0.717) is 9.16 Å². The fraction of sp³-hybridized carbons (Fsp3) is 1.00. The van der Waals surface area contributed by atoms with Gasteiger partial charge in [0.15, 0.2) is 22.5 Å². The van der Waals surface area contributed by atoms with Gasteiger partial charge in [0.25, 0.3) is 0 Å².